The third-order valence-electron chi connectivity index (χ3n) is 5.93. The first-order valence-electron chi connectivity index (χ1n) is 12.5. The van der Waals surface area contributed by atoms with Crippen LogP contribution in [0.4, 0.5) is 0 Å². The molecule has 0 amide bonds. The van der Waals surface area contributed by atoms with Crippen LogP contribution in [0.15, 0.2) is 61.7 Å². The molecule has 0 spiro atoms. The molecule has 2 aromatic rings. The minimum atomic E-state index is 0.309. The van der Waals surface area contributed by atoms with E-state index in [1.807, 2.05) is 24.3 Å². The molecule has 2 heteroatoms. The van der Waals surface area contributed by atoms with Crippen LogP contribution in [0.5, 0.6) is 11.5 Å². The smallest absolute Gasteiger partial charge is 0.127 e. The van der Waals surface area contributed by atoms with Crippen LogP contribution in [-0.2, 0) is 12.8 Å². The molecule has 0 saturated carbocycles. The highest BCUT2D eigenvalue weighted by Crippen LogP contribution is 2.34. The Morgan fingerprint density at radius 3 is 2.09 bits per heavy atom. The Labute approximate surface area is 196 Å². The SMILES string of the molecule is C=CCc1ccc(OCCCCCCCCCCCC)c(-c2ccc(O)c(CC=C)c2)c1. The second-order valence-electron chi connectivity index (χ2n) is 8.69. The van der Waals surface area contributed by atoms with Gasteiger partial charge in [0.15, 0.2) is 0 Å². The van der Waals surface area contributed by atoms with Crippen molar-refractivity contribution in [2.75, 3.05) is 6.61 Å². The van der Waals surface area contributed by atoms with Gasteiger partial charge in [-0.3, -0.25) is 0 Å². The summed E-state index contributed by atoms with van der Waals surface area (Å²) in [7, 11) is 0. The quantitative estimate of drug-likeness (QED) is 0.199. The van der Waals surface area contributed by atoms with Gasteiger partial charge in [0.1, 0.15) is 11.5 Å². The van der Waals surface area contributed by atoms with Crippen LogP contribution in [0.25, 0.3) is 11.1 Å². The number of hydrogen-bond donors (Lipinski definition) is 1. The molecule has 0 unspecified atom stereocenters. The average Bonchev–Trinajstić information content (AvgIpc) is 2.80. The molecule has 0 aliphatic carbocycles. The number of rotatable bonds is 17. The topological polar surface area (TPSA) is 29.5 Å². The zero-order chi connectivity index (χ0) is 23.0. The third-order valence-corrected chi connectivity index (χ3v) is 5.93. The molecule has 0 aromatic heterocycles. The van der Waals surface area contributed by atoms with Crippen molar-refractivity contribution in [2.45, 2.75) is 84.0 Å². The van der Waals surface area contributed by atoms with Crippen LogP contribution in [-0.4, -0.2) is 11.7 Å². The summed E-state index contributed by atoms with van der Waals surface area (Å²) in [5.74, 6) is 1.22. The molecule has 174 valence electrons. The number of ether oxygens (including phenoxy) is 1. The second kappa shape index (κ2) is 15.3. The number of aromatic hydroxyl groups is 1. The molecule has 1 N–H and O–H groups in total. The molecular formula is C30H42O2. The van der Waals surface area contributed by atoms with Gasteiger partial charge in [-0.2, -0.15) is 0 Å². The molecule has 0 aliphatic rings. The van der Waals surface area contributed by atoms with E-state index in [-0.39, 0.29) is 0 Å². The van der Waals surface area contributed by atoms with Crippen molar-refractivity contribution in [3.05, 3.63) is 72.8 Å². The molecule has 0 bridgehead atoms. The van der Waals surface area contributed by atoms with Crippen molar-refractivity contribution in [3.63, 3.8) is 0 Å². The maximum absolute atomic E-state index is 10.1. The van der Waals surface area contributed by atoms with Gasteiger partial charge in [0.05, 0.1) is 6.61 Å². The Morgan fingerprint density at radius 2 is 1.44 bits per heavy atom. The summed E-state index contributed by atoms with van der Waals surface area (Å²) in [4.78, 5) is 0. The average molecular weight is 435 g/mol. The van der Waals surface area contributed by atoms with Crippen LogP contribution in [0, 0.1) is 0 Å². The molecule has 2 rings (SSSR count). The van der Waals surface area contributed by atoms with Gasteiger partial charge in [-0.25, -0.2) is 0 Å². The highest BCUT2D eigenvalue weighted by Gasteiger charge is 2.10. The lowest BCUT2D eigenvalue weighted by molar-refractivity contribution is 0.305. The van der Waals surface area contributed by atoms with E-state index in [0.717, 1.165) is 41.9 Å². The van der Waals surface area contributed by atoms with Crippen LogP contribution in [0.1, 0.15) is 82.3 Å². The lowest BCUT2D eigenvalue weighted by Gasteiger charge is -2.15. The summed E-state index contributed by atoms with van der Waals surface area (Å²) in [6, 6.07) is 12.1. The Balaban J connectivity index is 1.91. The van der Waals surface area contributed by atoms with Crippen molar-refractivity contribution < 1.29 is 9.84 Å². The predicted octanol–water partition coefficient (Wildman–Crippen LogP) is 8.82. The summed E-state index contributed by atoms with van der Waals surface area (Å²) < 4.78 is 6.22. The fourth-order valence-electron chi connectivity index (χ4n) is 4.07. The maximum atomic E-state index is 10.1. The molecule has 0 radical (unpaired) electrons. The van der Waals surface area contributed by atoms with Gasteiger partial charge in [0.2, 0.25) is 0 Å². The summed E-state index contributed by atoms with van der Waals surface area (Å²) in [5, 5.41) is 10.1. The highest BCUT2D eigenvalue weighted by atomic mass is 16.5. The minimum absolute atomic E-state index is 0.309. The van der Waals surface area contributed by atoms with Crippen LogP contribution < -0.4 is 4.74 Å². The van der Waals surface area contributed by atoms with E-state index in [0.29, 0.717) is 12.2 Å². The van der Waals surface area contributed by atoms with Gasteiger partial charge in [0.25, 0.3) is 0 Å². The van der Waals surface area contributed by atoms with E-state index < -0.39 is 0 Å². The number of phenols is 1. The van der Waals surface area contributed by atoms with Crippen molar-refractivity contribution >= 4 is 0 Å². The molecule has 0 saturated heterocycles. The maximum Gasteiger partial charge on any atom is 0.127 e. The molecule has 0 atom stereocenters. The van der Waals surface area contributed by atoms with Gasteiger partial charge in [-0.1, -0.05) is 89.0 Å². The third kappa shape index (κ3) is 8.94. The molecular weight excluding hydrogens is 392 g/mol. The first-order chi connectivity index (χ1) is 15.7. The van der Waals surface area contributed by atoms with Gasteiger partial charge < -0.3 is 9.84 Å². The molecule has 2 aromatic carbocycles. The molecule has 0 fully saturated rings. The van der Waals surface area contributed by atoms with E-state index in [1.54, 1.807) is 6.07 Å². The lowest BCUT2D eigenvalue weighted by Crippen LogP contribution is -2.00. The highest BCUT2D eigenvalue weighted by molar-refractivity contribution is 5.72. The Kier molecular flexibility index (Phi) is 12.4. The van der Waals surface area contributed by atoms with Crippen LogP contribution in [0.3, 0.4) is 0 Å². The fourth-order valence-corrected chi connectivity index (χ4v) is 4.07. The van der Waals surface area contributed by atoms with E-state index in [9.17, 15) is 5.11 Å². The van der Waals surface area contributed by atoms with Gasteiger partial charge in [-0.05, 0) is 60.2 Å². The van der Waals surface area contributed by atoms with Crippen molar-refractivity contribution in [2.24, 2.45) is 0 Å². The number of allylic oxidation sites excluding steroid dienone is 2. The molecule has 2 nitrogen and oxygen atoms in total. The summed E-state index contributed by atoms with van der Waals surface area (Å²) in [6.07, 6.45) is 18.4. The van der Waals surface area contributed by atoms with E-state index >= 15 is 0 Å². The second-order valence-corrected chi connectivity index (χ2v) is 8.69. The standard InChI is InChI=1S/C30H42O2/c1-4-7-8-9-10-11-12-13-14-15-22-32-30-21-18-25(16-5-2)23-28(30)26-19-20-29(31)27(24-26)17-6-3/h5-6,18-21,23-24,31H,2-4,7-17,22H2,1H3. The zero-order valence-electron chi connectivity index (χ0n) is 20.1. The Hall–Kier alpha value is -2.48. The van der Waals surface area contributed by atoms with Crippen LogP contribution >= 0.6 is 0 Å². The normalized spacial score (nSPS) is 10.8. The summed E-state index contributed by atoms with van der Waals surface area (Å²) in [5.41, 5.74) is 4.22. The Bertz CT molecular complexity index is 822. The van der Waals surface area contributed by atoms with E-state index in [4.69, 9.17) is 4.74 Å². The largest absolute Gasteiger partial charge is 0.508 e. The predicted molar refractivity (Wildman–Crippen MR) is 139 cm³/mol. The van der Waals surface area contributed by atoms with Gasteiger partial charge in [0, 0.05) is 5.56 Å². The molecule has 0 aliphatic heterocycles. The number of hydrogen-bond acceptors (Lipinski definition) is 2. The minimum Gasteiger partial charge on any atom is -0.508 e. The summed E-state index contributed by atoms with van der Waals surface area (Å²) >= 11 is 0. The first-order valence-corrected chi connectivity index (χ1v) is 12.5. The first kappa shape index (κ1) is 25.8. The monoisotopic (exact) mass is 434 g/mol. The van der Waals surface area contributed by atoms with Crippen molar-refractivity contribution in [3.8, 4) is 22.6 Å². The van der Waals surface area contributed by atoms with Crippen molar-refractivity contribution in [1.29, 1.82) is 0 Å². The molecule has 0 heterocycles. The van der Waals surface area contributed by atoms with Crippen molar-refractivity contribution in [1.82, 2.24) is 0 Å². The van der Waals surface area contributed by atoms with Gasteiger partial charge in [-0.15, -0.1) is 13.2 Å². The fraction of sp³-hybridized carbons (Fsp3) is 0.467. The van der Waals surface area contributed by atoms with E-state index in [1.165, 1.54) is 63.4 Å². The van der Waals surface area contributed by atoms with E-state index in [2.05, 4.69) is 38.3 Å². The number of benzene rings is 2. The summed E-state index contributed by atoms with van der Waals surface area (Å²) in [6.45, 7) is 10.7. The Morgan fingerprint density at radius 1 is 0.781 bits per heavy atom. The van der Waals surface area contributed by atoms with Crippen LogP contribution in [0.2, 0.25) is 0 Å². The zero-order valence-corrected chi connectivity index (χ0v) is 20.1. The lowest BCUT2D eigenvalue weighted by atomic mass is 9.97. The number of phenolic OH excluding ortho intramolecular Hbond substituents is 1. The molecule has 32 heavy (non-hydrogen) atoms. The van der Waals surface area contributed by atoms with Gasteiger partial charge >= 0.3 is 0 Å². The number of unbranched alkanes of at least 4 members (excludes halogenated alkanes) is 9.